The van der Waals surface area contributed by atoms with Gasteiger partial charge >= 0.3 is 0 Å². The molecule has 0 atom stereocenters. The smallest absolute Gasteiger partial charge is 0.165 e. The summed E-state index contributed by atoms with van der Waals surface area (Å²) in [5.74, 6) is 0.830. The number of thiophene rings is 1. The number of aromatic nitrogens is 2. The van der Waals surface area contributed by atoms with Crippen molar-refractivity contribution < 1.29 is 4.39 Å². The Morgan fingerprint density at radius 1 is 1.04 bits per heavy atom. The number of benzene rings is 2. The van der Waals surface area contributed by atoms with Gasteiger partial charge in [0.15, 0.2) is 5.82 Å². The summed E-state index contributed by atoms with van der Waals surface area (Å²) in [5.41, 5.74) is 3.39. The van der Waals surface area contributed by atoms with Crippen molar-refractivity contribution in [3.8, 4) is 11.4 Å². The summed E-state index contributed by atoms with van der Waals surface area (Å²) in [7, 11) is 0. The van der Waals surface area contributed by atoms with Gasteiger partial charge in [0.25, 0.3) is 0 Å². The first-order valence-electron chi connectivity index (χ1n) is 8.00. The van der Waals surface area contributed by atoms with Gasteiger partial charge in [-0.1, -0.05) is 42.0 Å². The van der Waals surface area contributed by atoms with Crippen LogP contribution in [0, 0.1) is 12.7 Å². The first-order valence-corrected chi connectivity index (χ1v) is 8.88. The van der Waals surface area contributed by atoms with Gasteiger partial charge < -0.3 is 5.32 Å². The second kappa shape index (κ2) is 6.61. The number of hydrogen-bond donors (Lipinski definition) is 1. The average Bonchev–Trinajstić information content (AvgIpc) is 3.11. The number of halogens is 1. The lowest BCUT2D eigenvalue weighted by atomic mass is 10.1. The molecule has 0 aliphatic carbocycles. The van der Waals surface area contributed by atoms with Gasteiger partial charge in [-0.15, -0.1) is 11.3 Å². The molecule has 5 heteroatoms. The third kappa shape index (κ3) is 3.23. The molecule has 0 bridgehead atoms. The Bertz CT molecular complexity index is 1030. The lowest BCUT2D eigenvalue weighted by Crippen LogP contribution is -2.03. The molecule has 0 unspecified atom stereocenters. The van der Waals surface area contributed by atoms with Crippen LogP contribution in [-0.2, 0) is 6.54 Å². The Morgan fingerprint density at radius 2 is 1.88 bits per heavy atom. The number of nitrogens with zero attached hydrogens (tertiary/aromatic N) is 2. The number of hydrogen-bond acceptors (Lipinski definition) is 4. The van der Waals surface area contributed by atoms with Crippen molar-refractivity contribution in [1.29, 1.82) is 0 Å². The summed E-state index contributed by atoms with van der Waals surface area (Å²) >= 11 is 1.58. The fraction of sp³-hybridized carbons (Fsp3) is 0.100. The largest absolute Gasteiger partial charge is 0.365 e. The third-order valence-corrected chi connectivity index (χ3v) is 4.88. The van der Waals surface area contributed by atoms with E-state index < -0.39 is 0 Å². The lowest BCUT2D eigenvalue weighted by Gasteiger charge is -2.10. The van der Waals surface area contributed by atoms with Gasteiger partial charge in [-0.05, 0) is 36.1 Å². The molecular formula is C20H16FN3S. The number of nitrogens with one attached hydrogen (secondary N) is 1. The van der Waals surface area contributed by atoms with Crippen LogP contribution in [0.2, 0.25) is 0 Å². The Morgan fingerprint density at radius 3 is 2.72 bits per heavy atom. The van der Waals surface area contributed by atoms with Gasteiger partial charge in [0.05, 0.1) is 15.8 Å². The molecule has 0 saturated carbocycles. The molecule has 0 aliphatic heterocycles. The van der Waals surface area contributed by atoms with Crippen LogP contribution >= 0.6 is 11.3 Å². The zero-order valence-corrected chi connectivity index (χ0v) is 14.5. The van der Waals surface area contributed by atoms with Gasteiger partial charge in [0.1, 0.15) is 11.6 Å². The maximum Gasteiger partial charge on any atom is 0.165 e. The van der Waals surface area contributed by atoms with E-state index in [0.717, 1.165) is 27.2 Å². The Labute approximate surface area is 149 Å². The molecular weight excluding hydrogens is 333 g/mol. The fourth-order valence-corrected chi connectivity index (χ4v) is 3.49. The molecule has 124 valence electrons. The van der Waals surface area contributed by atoms with Gasteiger partial charge in [-0.2, -0.15) is 0 Å². The highest BCUT2D eigenvalue weighted by Gasteiger charge is 2.14. The summed E-state index contributed by atoms with van der Waals surface area (Å²) in [5, 5.41) is 5.35. The topological polar surface area (TPSA) is 37.8 Å². The number of fused-ring (bicyclic) bond motifs is 1. The molecule has 0 radical (unpaired) electrons. The predicted octanol–water partition coefficient (Wildman–Crippen LogP) is 5.42. The van der Waals surface area contributed by atoms with Crippen LogP contribution < -0.4 is 5.32 Å². The minimum absolute atomic E-state index is 0.311. The summed E-state index contributed by atoms with van der Waals surface area (Å²) in [4.78, 5) is 9.15. The standard InChI is InChI=1S/C20H16FN3S/c1-13-7-8-16(21)15(11-13)19-23-17-9-10-25-18(17)20(24-19)22-12-14-5-3-2-4-6-14/h2-11H,12H2,1H3,(H,22,23,24). The predicted molar refractivity (Wildman–Crippen MR) is 101 cm³/mol. The second-order valence-corrected chi connectivity index (χ2v) is 6.77. The summed E-state index contributed by atoms with van der Waals surface area (Å²) in [6, 6.07) is 17.0. The van der Waals surface area contributed by atoms with Crippen LogP contribution in [0.1, 0.15) is 11.1 Å². The first-order chi connectivity index (χ1) is 12.2. The third-order valence-electron chi connectivity index (χ3n) is 3.97. The summed E-state index contributed by atoms with van der Waals surface area (Å²) in [6.07, 6.45) is 0. The average molecular weight is 349 g/mol. The maximum atomic E-state index is 14.3. The second-order valence-electron chi connectivity index (χ2n) is 5.85. The van der Waals surface area contributed by atoms with Crippen molar-refractivity contribution in [2.24, 2.45) is 0 Å². The molecule has 1 N–H and O–H groups in total. The minimum atomic E-state index is -0.311. The van der Waals surface area contributed by atoms with Gasteiger partial charge in [0.2, 0.25) is 0 Å². The van der Waals surface area contributed by atoms with Crippen molar-refractivity contribution in [2.75, 3.05) is 5.32 Å². The van der Waals surface area contributed by atoms with E-state index in [0.29, 0.717) is 17.9 Å². The van der Waals surface area contributed by atoms with Crippen LogP contribution in [0.25, 0.3) is 21.6 Å². The molecule has 2 heterocycles. The number of anilines is 1. The summed E-state index contributed by atoms with van der Waals surface area (Å²) in [6.45, 7) is 2.58. The zero-order chi connectivity index (χ0) is 17.2. The van der Waals surface area contributed by atoms with Crippen molar-refractivity contribution in [3.05, 3.63) is 76.9 Å². The molecule has 0 aliphatic rings. The Hall–Kier alpha value is -2.79. The first kappa shape index (κ1) is 15.7. The van der Waals surface area contributed by atoms with E-state index in [9.17, 15) is 4.39 Å². The highest BCUT2D eigenvalue weighted by Crippen LogP contribution is 2.30. The molecule has 2 aromatic carbocycles. The van der Waals surface area contributed by atoms with E-state index in [-0.39, 0.29) is 5.82 Å². The van der Waals surface area contributed by atoms with Gasteiger partial charge in [-0.25, -0.2) is 14.4 Å². The Kier molecular flexibility index (Phi) is 4.15. The summed E-state index contributed by atoms with van der Waals surface area (Å²) < 4.78 is 15.2. The molecule has 4 rings (SSSR count). The van der Waals surface area contributed by atoms with E-state index in [4.69, 9.17) is 0 Å². The monoisotopic (exact) mass is 349 g/mol. The van der Waals surface area contributed by atoms with E-state index in [1.807, 2.05) is 36.6 Å². The highest BCUT2D eigenvalue weighted by atomic mass is 32.1. The molecule has 0 spiro atoms. The normalized spacial score (nSPS) is 11.0. The molecule has 0 fully saturated rings. The molecule has 0 saturated heterocycles. The van der Waals surface area contributed by atoms with Crippen molar-refractivity contribution in [2.45, 2.75) is 13.5 Å². The maximum absolute atomic E-state index is 14.3. The van der Waals surface area contributed by atoms with Crippen molar-refractivity contribution in [1.82, 2.24) is 9.97 Å². The van der Waals surface area contributed by atoms with Crippen LogP contribution in [0.4, 0.5) is 10.2 Å². The zero-order valence-electron chi connectivity index (χ0n) is 13.7. The van der Waals surface area contributed by atoms with Crippen LogP contribution in [-0.4, -0.2) is 9.97 Å². The van der Waals surface area contributed by atoms with E-state index in [1.165, 1.54) is 6.07 Å². The van der Waals surface area contributed by atoms with Gasteiger partial charge in [-0.3, -0.25) is 0 Å². The molecule has 25 heavy (non-hydrogen) atoms. The van der Waals surface area contributed by atoms with Crippen LogP contribution in [0.5, 0.6) is 0 Å². The molecule has 3 nitrogen and oxygen atoms in total. The van der Waals surface area contributed by atoms with Crippen LogP contribution in [0.3, 0.4) is 0 Å². The lowest BCUT2D eigenvalue weighted by molar-refractivity contribution is 0.629. The molecule has 4 aromatic rings. The van der Waals surface area contributed by atoms with E-state index >= 15 is 0 Å². The van der Waals surface area contributed by atoms with Gasteiger partial charge in [0, 0.05) is 6.54 Å². The van der Waals surface area contributed by atoms with E-state index in [2.05, 4.69) is 27.4 Å². The highest BCUT2D eigenvalue weighted by molar-refractivity contribution is 7.17. The fourth-order valence-electron chi connectivity index (χ4n) is 2.70. The molecule has 2 aromatic heterocycles. The quantitative estimate of drug-likeness (QED) is 0.535. The number of rotatable bonds is 4. The van der Waals surface area contributed by atoms with E-state index in [1.54, 1.807) is 23.5 Å². The molecule has 0 amide bonds. The Balaban J connectivity index is 1.76. The van der Waals surface area contributed by atoms with Crippen molar-refractivity contribution in [3.63, 3.8) is 0 Å². The SMILES string of the molecule is Cc1ccc(F)c(-c2nc(NCc3ccccc3)c3sccc3n2)c1. The minimum Gasteiger partial charge on any atom is -0.365 e. The van der Waals surface area contributed by atoms with Crippen LogP contribution in [0.15, 0.2) is 60.0 Å². The van der Waals surface area contributed by atoms with Crippen molar-refractivity contribution >= 4 is 27.4 Å². The number of aryl methyl sites for hydroxylation is 1.